The van der Waals surface area contributed by atoms with Crippen LogP contribution in [0.5, 0.6) is 5.75 Å². The van der Waals surface area contributed by atoms with Crippen LogP contribution in [0.25, 0.3) is 11.3 Å². The van der Waals surface area contributed by atoms with Crippen LogP contribution in [0.15, 0.2) is 30.7 Å². The van der Waals surface area contributed by atoms with Gasteiger partial charge in [-0.3, -0.25) is 9.59 Å². The highest BCUT2D eigenvalue weighted by atomic mass is 16.5. The maximum absolute atomic E-state index is 12.8. The number of nitrogens with one attached hydrogen (secondary N) is 2. The van der Waals surface area contributed by atoms with Crippen molar-refractivity contribution in [2.45, 2.75) is 38.3 Å². The van der Waals surface area contributed by atoms with Gasteiger partial charge in [-0.15, -0.1) is 0 Å². The summed E-state index contributed by atoms with van der Waals surface area (Å²) in [5.41, 5.74) is 2.46. The first-order valence-corrected chi connectivity index (χ1v) is 9.45. The Morgan fingerprint density at radius 2 is 2.04 bits per heavy atom. The summed E-state index contributed by atoms with van der Waals surface area (Å²) in [5, 5.41) is 5.83. The van der Waals surface area contributed by atoms with Crippen LogP contribution in [0.3, 0.4) is 0 Å². The summed E-state index contributed by atoms with van der Waals surface area (Å²) in [5.74, 6) is 0.851. The molecule has 2 heterocycles. The molecule has 0 unspecified atom stereocenters. The van der Waals surface area contributed by atoms with Crippen molar-refractivity contribution in [2.75, 3.05) is 13.7 Å². The van der Waals surface area contributed by atoms with Crippen LogP contribution < -0.4 is 15.4 Å². The lowest BCUT2D eigenvalue weighted by Crippen LogP contribution is -2.40. The molecule has 0 atom stereocenters. The van der Waals surface area contributed by atoms with Crippen LogP contribution in [0.4, 0.5) is 0 Å². The minimum atomic E-state index is -0.0866. The third-order valence-electron chi connectivity index (χ3n) is 5.50. The molecule has 1 fully saturated rings. The maximum atomic E-state index is 12.8. The van der Waals surface area contributed by atoms with Crippen molar-refractivity contribution in [3.05, 3.63) is 36.3 Å². The highest BCUT2D eigenvalue weighted by Crippen LogP contribution is 2.33. The van der Waals surface area contributed by atoms with E-state index in [1.807, 2.05) is 16.7 Å². The molecule has 2 N–H and O–H groups in total. The molecule has 27 heavy (non-hydrogen) atoms. The number of nitrogens with zero attached hydrogens (tertiary/aromatic N) is 2. The highest BCUT2D eigenvalue weighted by molar-refractivity contribution is 5.96. The summed E-state index contributed by atoms with van der Waals surface area (Å²) in [7, 11) is 1.67. The van der Waals surface area contributed by atoms with Crippen molar-refractivity contribution in [2.24, 2.45) is 5.92 Å². The Hall–Kier alpha value is -2.83. The van der Waals surface area contributed by atoms with Crippen molar-refractivity contribution >= 4 is 11.8 Å². The van der Waals surface area contributed by atoms with Gasteiger partial charge in [0.05, 0.1) is 24.8 Å². The van der Waals surface area contributed by atoms with E-state index in [1.54, 1.807) is 25.6 Å². The van der Waals surface area contributed by atoms with Gasteiger partial charge in [0.15, 0.2) is 0 Å². The van der Waals surface area contributed by atoms with E-state index >= 15 is 0 Å². The van der Waals surface area contributed by atoms with Gasteiger partial charge in [0.2, 0.25) is 5.91 Å². The number of ether oxygens (including phenoxy) is 1. The summed E-state index contributed by atoms with van der Waals surface area (Å²) >= 11 is 0. The van der Waals surface area contributed by atoms with Gasteiger partial charge in [-0.25, -0.2) is 4.98 Å². The zero-order valence-corrected chi connectivity index (χ0v) is 15.4. The number of benzene rings is 1. The molecule has 0 spiro atoms. The zero-order valence-electron chi connectivity index (χ0n) is 15.4. The summed E-state index contributed by atoms with van der Waals surface area (Å²) in [4.78, 5) is 28.7. The summed E-state index contributed by atoms with van der Waals surface area (Å²) in [6.45, 7) is 1.32. The molecule has 0 bridgehead atoms. The van der Waals surface area contributed by atoms with Crippen molar-refractivity contribution in [1.82, 2.24) is 20.2 Å². The van der Waals surface area contributed by atoms with E-state index in [0.717, 1.165) is 49.2 Å². The van der Waals surface area contributed by atoms with Gasteiger partial charge in [-0.2, -0.15) is 0 Å². The van der Waals surface area contributed by atoms with Gasteiger partial charge < -0.3 is 19.9 Å². The first-order valence-electron chi connectivity index (χ1n) is 9.45. The first-order chi connectivity index (χ1) is 13.2. The lowest BCUT2D eigenvalue weighted by atomic mass is 9.85. The van der Waals surface area contributed by atoms with Crippen molar-refractivity contribution in [1.29, 1.82) is 0 Å². The van der Waals surface area contributed by atoms with Gasteiger partial charge in [-0.1, -0.05) is 0 Å². The number of rotatable bonds is 3. The normalized spacial score (nSPS) is 21.2. The molecule has 0 radical (unpaired) electrons. The van der Waals surface area contributed by atoms with Gasteiger partial charge in [0, 0.05) is 30.1 Å². The molecule has 1 aliphatic heterocycles. The second-order valence-corrected chi connectivity index (χ2v) is 7.17. The lowest BCUT2D eigenvalue weighted by Gasteiger charge is -2.28. The highest BCUT2D eigenvalue weighted by Gasteiger charge is 2.27. The largest absolute Gasteiger partial charge is 0.491 e. The molecule has 1 aliphatic carbocycles. The van der Waals surface area contributed by atoms with E-state index in [1.165, 1.54) is 0 Å². The predicted octanol–water partition coefficient (Wildman–Crippen LogP) is 1.98. The second kappa shape index (κ2) is 7.42. The van der Waals surface area contributed by atoms with Gasteiger partial charge in [0.25, 0.3) is 5.91 Å². The third-order valence-corrected chi connectivity index (χ3v) is 5.50. The maximum Gasteiger partial charge on any atom is 0.251 e. The van der Waals surface area contributed by atoms with E-state index in [2.05, 4.69) is 15.6 Å². The molecule has 0 saturated heterocycles. The summed E-state index contributed by atoms with van der Waals surface area (Å²) < 4.78 is 7.84. The zero-order chi connectivity index (χ0) is 18.8. The Morgan fingerprint density at radius 3 is 2.81 bits per heavy atom. The average Bonchev–Trinajstić information content (AvgIpc) is 3.09. The van der Waals surface area contributed by atoms with Gasteiger partial charge in [0.1, 0.15) is 12.4 Å². The lowest BCUT2D eigenvalue weighted by molar-refractivity contribution is -0.125. The fourth-order valence-electron chi connectivity index (χ4n) is 3.95. The van der Waals surface area contributed by atoms with Gasteiger partial charge >= 0.3 is 0 Å². The van der Waals surface area contributed by atoms with E-state index in [4.69, 9.17) is 4.74 Å². The summed E-state index contributed by atoms with van der Waals surface area (Å²) in [6, 6.07) is 5.64. The Bertz CT molecular complexity index is 853. The topological polar surface area (TPSA) is 85.3 Å². The van der Waals surface area contributed by atoms with Crippen molar-refractivity contribution < 1.29 is 14.3 Å². The average molecular weight is 368 g/mol. The Labute approximate surface area is 158 Å². The van der Waals surface area contributed by atoms with Crippen LogP contribution in [0.2, 0.25) is 0 Å². The van der Waals surface area contributed by atoms with Crippen LogP contribution >= 0.6 is 0 Å². The van der Waals surface area contributed by atoms with E-state index in [-0.39, 0.29) is 23.8 Å². The SMILES string of the molecule is CNC(=O)C1CCC(NC(=O)c2ccc3c(c2)-c2cncn2CCO3)CC1. The Morgan fingerprint density at radius 1 is 1.22 bits per heavy atom. The molecule has 2 aliphatic rings. The molecular formula is C20H24N4O3. The quantitative estimate of drug-likeness (QED) is 0.867. The number of amides is 2. The molecular weight excluding hydrogens is 344 g/mol. The molecule has 1 aromatic carbocycles. The molecule has 1 saturated carbocycles. The van der Waals surface area contributed by atoms with E-state index in [0.29, 0.717) is 12.2 Å². The number of carbonyl (C=O) groups excluding carboxylic acids is 2. The van der Waals surface area contributed by atoms with Crippen LogP contribution in [0.1, 0.15) is 36.0 Å². The fourth-order valence-corrected chi connectivity index (χ4v) is 3.95. The first kappa shape index (κ1) is 17.6. The third kappa shape index (κ3) is 3.54. The second-order valence-electron chi connectivity index (χ2n) is 7.17. The molecule has 7 nitrogen and oxygen atoms in total. The fraction of sp³-hybridized carbons (Fsp3) is 0.450. The van der Waals surface area contributed by atoms with E-state index < -0.39 is 0 Å². The van der Waals surface area contributed by atoms with Crippen LogP contribution in [-0.2, 0) is 11.3 Å². The minimum Gasteiger partial charge on any atom is -0.491 e. The van der Waals surface area contributed by atoms with Gasteiger partial charge in [-0.05, 0) is 43.9 Å². The summed E-state index contributed by atoms with van der Waals surface area (Å²) in [6.07, 6.45) is 6.85. The molecule has 2 aromatic rings. The molecule has 1 aromatic heterocycles. The Kier molecular flexibility index (Phi) is 4.83. The number of hydrogen-bond acceptors (Lipinski definition) is 4. The predicted molar refractivity (Wildman–Crippen MR) is 100 cm³/mol. The number of hydrogen-bond donors (Lipinski definition) is 2. The minimum absolute atomic E-state index is 0.0630. The standard InChI is InChI=1S/C20H24N4O3/c1-21-19(25)13-2-5-15(6-3-13)23-20(26)14-4-7-18-16(10-14)17-11-22-12-24(17)8-9-27-18/h4,7,10-13,15H,2-3,5-6,8-9H2,1H3,(H,21,25)(H,23,26). The van der Waals surface area contributed by atoms with Crippen molar-refractivity contribution in [3.8, 4) is 17.0 Å². The molecule has 142 valence electrons. The number of fused-ring (bicyclic) bond motifs is 3. The molecule has 7 heteroatoms. The Balaban J connectivity index is 1.46. The smallest absolute Gasteiger partial charge is 0.251 e. The van der Waals surface area contributed by atoms with Crippen molar-refractivity contribution in [3.63, 3.8) is 0 Å². The number of imidazole rings is 1. The van der Waals surface area contributed by atoms with Crippen LogP contribution in [-0.4, -0.2) is 41.1 Å². The monoisotopic (exact) mass is 368 g/mol. The number of aromatic nitrogens is 2. The molecule has 2 amide bonds. The van der Waals surface area contributed by atoms with E-state index in [9.17, 15) is 9.59 Å². The molecule has 4 rings (SSSR count). The number of carbonyl (C=O) groups is 2. The van der Waals surface area contributed by atoms with Crippen LogP contribution in [0, 0.1) is 5.92 Å².